The van der Waals surface area contributed by atoms with Crippen LogP contribution in [0.4, 0.5) is 0 Å². The molecule has 0 aliphatic carbocycles. The number of carboxylic acids is 1. The van der Waals surface area contributed by atoms with Crippen molar-refractivity contribution in [1.29, 1.82) is 0 Å². The zero-order valence-electron chi connectivity index (χ0n) is 6.71. The molecule has 0 aromatic carbocycles. The van der Waals surface area contributed by atoms with Crippen molar-refractivity contribution < 1.29 is 15.3 Å². The molecule has 0 heterocycles. The van der Waals surface area contributed by atoms with Crippen LogP contribution in [0.1, 0.15) is 25.7 Å². The summed E-state index contributed by atoms with van der Waals surface area (Å²) in [4.78, 5) is 9.82. The van der Waals surface area contributed by atoms with Crippen LogP contribution in [0.25, 0.3) is 0 Å². The van der Waals surface area contributed by atoms with Gasteiger partial charge in [0, 0.05) is 5.97 Å². The van der Waals surface area contributed by atoms with E-state index in [0.29, 0.717) is 13.0 Å². The first-order valence-electron chi connectivity index (χ1n) is 3.58. The van der Waals surface area contributed by atoms with Crippen LogP contribution < -0.4 is 16.2 Å². The summed E-state index contributed by atoms with van der Waals surface area (Å²) in [5.41, 5.74) is 5.18. The van der Waals surface area contributed by atoms with Gasteiger partial charge in [0.2, 0.25) is 0 Å². The minimum absolute atomic E-state index is 0.167. The first-order valence-corrected chi connectivity index (χ1v) is 3.58. The summed E-state index contributed by atoms with van der Waals surface area (Å²) >= 11 is 0. The Hall–Kier alpha value is -0.900. The van der Waals surface area contributed by atoms with Gasteiger partial charge < -0.3 is 15.6 Å². The molecule has 11 heavy (non-hydrogen) atoms. The number of rotatable bonds is 5. The molecule has 0 saturated carbocycles. The van der Waals surface area contributed by atoms with Crippen molar-refractivity contribution >= 4 is 12.7 Å². The van der Waals surface area contributed by atoms with Crippen molar-refractivity contribution in [3.05, 3.63) is 0 Å². The van der Waals surface area contributed by atoms with Crippen LogP contribution in [-0.2, 0) is 4.79 Å². The highest BCUT2D eigenvalue weighted by atomic mass is 16.4. The van der Waals surface area contributed by atoms with Crippen LogP contribution >= 0.6 is 0 Å². The van der Waals surface area contributed by atoms with E-state index in [0.717, 1.165) is 12.8 Å². The molecule has 0 aromatic rings. The Balaban J connectivity index is 0. The number of aliphatic carboxylic acids is 1. The maximum absolute atomic E-state index is 9.82. The van der Waals surface area contributed by atoms with Crippen LogP contribution in [-0.4, -0.2) is 19.2 Å². The van der Waals surface area contributed by atoms with E-state index in [1.54, 1.807) is 0 Å². The average Bonchev–Trinajstić information content (AvgIpc) is 2.02. The summed E-state index contributed by atoms with van der Waals surface area (Å²) in [5.74, 6) is -0.966. The van der Waals surface area contributed by atoms with Crippen molar-refractivity contribution in [3.63, 3.8) is 0 Å². The molecule has 0 unspecified atom stereocenters. The Morgan fingerprint density at radius 3 is 2.27 bits per heavy atom. The van der Waals surface area contributed by atoms with Crippen LogP contribution in [0.15, 0.2) is 0 Å². The Bertz CT molecular complexity index is 96.4. The maximum Gasteiger partial charge on any atom is 0.123 e. The standard InChI is InChI=1S/C6H13NO2.CH3N/c7-5-3-1-2-4-6(8)9;1-2/h1-5,7H2,(H,8,9);2H,1H2. The van der Waals surface area contributed by atoms with E-state index in [1.165, 1.54) is 0 Å². The SMILES string of the molecule is C=[NH2+].NCCCCCC(=O)[O-]. The zero-order valence-corrected chi connectivity index (χ0v) is 6.71. The first kappa shape index (κ1) is 12.7. The molecule has 66 valence electrons. The van der Waals surface area contributed by atoms with Gasteiger partial charge in [-0.3, -0.25) is 5.41 Å². The summed E-state index contributed by atoms with van der Waals surface area (Å²) in [7, 11) is 0. The number of hydrogen-bond acceptors (Lipinski definition) is 3. The monoisotopic (exact) mass is 160 g/mol. The van der Waals surface area contributed by atoms with Gasteiger partial charge >= 0.3 is 0 Å². The number of carbonyl (C=O) groups is 1. The normalized spacial score (nSPS) is 8.09. The minimum atomic E-state index is -0.966. The van der Waals surface area contributed by atoms with E-state index in [-0.39, 0.29) is 6.42 Å². The van der Waals surface area contributed by atoms with Gasteiger partial charge in [-0.2, -0.15) is 0 Å². The van der Waals surface area contributed by atoms with Gasteiger partial charge in [0.15, 0.2) is 0 Å². The lowest BCUT2D eigenvalue weighted by atomic mass is 10.2. The molecule has 0 amide bonds. The van der Waals surface area contributed by atoms with Gasteiger partial charge in [-0.25, -0.2) is 0 Å². The van der Waals surface area contributed by atoms with E-state index in [1.807, 2.05) is 0 Å². The minimum Gasteiger partial charge on any atom is -0.550 e. The van der Waals surface area contributed by atoms with E-state index in [2.05, 4.69) is 12.1 Å². The molecule has 0 radical (unpaired) electrons. The number of carbonyl (C=O) groups excluding carboxylic acids is 1. The highest BCUT2D eigenvalue weighted by molar-refractivity contribution is 5.63. The van der Waals surface area contributed by atoms with Crippen LogP contribution in [0, 0.1) is 0 Å². The van der Waals surface area contributed by atoms with Crippen LogP contribution in [0.3, 0.4) is 0 Å². The summed E-state index contributed by atoms with van der Waals surface area (Å²) in [6.45, 7) is 3.40. The molecule has 0 spiro atoms. The van der Waals surface area contributed by atoms with E-state index < -0.39 is 5.97 Å². The highest BCUT2D eigenvalue weighted by Gasteiger charge is 1.86. The van der Waals surface area contributed by atoms with Gasteiger partial charge in [-0.05, 0) is 25.8 Å². The summed E-state index contributed by atoms with van der Waals surface area (Å²) < 4.78 is 0. The highest BCUT2D eigenvalue weighted by Crippen LogP contribution is 1.96. The molecule has 4 heteroatoms. The van der Waals surface area contributed by atoms with Gasteiger partial charge in [-0.15, -0.1) is 0 Å². The third-order valence-electron chi connectivity index (χ3n) is 1.09. The molecule has 0 fully saturated rings. The topological polar surface area (TPSA) is 91.7 Å². The number of unbranched alkanes of at least 4 members (excludes halogenated alkanes) is 2. The summed E-state index contributed by atoms with van der Waals surface area (Å²) in [6.07, 6.45) is 2.66. The van der Waals surface area contributed by atoms with Gasteiger partial charge in [0.25, 0.3) is 0 Å². The molecule has 0 atom stereocenters. The van der Waals surface area contributed by atoms with E-state index in [9.17, 15) is 9.90 Å². The van der Waals surface area contributed by atoms with Crippen molar-refractivity contribution in [2.24, 2.45) is 5.73 Å². The average molecular weight is 160 g/mol. The molecule has 0 rings (SSSR count). The third kappa shape index (κ3) is 17.6. The Morgan fingerprint density at radius 1 is 1.36 bits per heavy atom. The number of nitrogens with two attached hydrogens (primary N) is 2. The Kier molecular flexibility index (Phi) is 13.7. The van der Waals surface area contributed by atoms with Crippen LogP contribution in [0.5, 0.6) is 0 Å². The van der Waals surface area contributed by atoms with Crippen LogP contribution in [0.2, 0.25) is 0 Å². The molecular formula is C7H16N2O2. The second kappa shape index (κ2) is 11.8. The quantitative estimate of drug-likeness (QED) is 0.350. The van der Waals surface area contributed by atoms with Crippen molar-refractivity contribution in [2.75, 3.05) is 6.54 Å². The number of carboxylic acid groups (broad SMARTS) is 1. The zero-order chi connectivity index (χ0) is 9.11. The molecule has 0 bridgehead atoms. The molecule has 4 nitrogen and oxygen atoms in total. The maximum atomic E-state index is 9.82. The third-order valence-corrected chi connectivity index (χ3v) is 1.09. The second-order valence-corrected chi connectivity index (χ2v) is 1.97. The first-order chi connectivity index (χ1) is 5.27. The predicted molar refractivity (Wildman–Crippen MR) is 41.6 cm³/mol. The lowest BCUT2D eigenvalue weighted by Crippen LogP contribution is -2.21. The van der Waals surface area contributed by atoms with Crippen molar-refractivity contribution in [2.45, 2.75) is 25.7 Å². The summed E-state index contributed by atoms with van der Waals surface area (Å²) in [5, 5.41) is 14.1. The Labute approximate surface area is 66.9 Å². The molecule has 4 N–H and O–H groups in total. The van der Waals surface area contributed by atoms with E-state index in [4.69, 9.17) is 5.73 Å². The fraction of sp³-hybridized carbons (Fsp3) is 0.714. The van der Waals surface area contributed by atoms with E-state index >= 15 is 0 Å². The summed E-state index contributed by atoms with van der Waals surface area (Å²) in [6, 6.07) is 0. The van der Waals surface area contributed by atoms with Gasteiger partial charge in [0.05, 0.1) is 0 Å². The number of hydrogen-bond donors (Lipinski definition) is 2. The van der Waals surface area contributed by atoms with Crippen molar-refractivity contribution in [1.82, 2.24) is 0 Å². The molecular weight excluding hydrogens is 144 g/mol. The van der Waals surface area contributed by atoms with Gasteiger partial charge in [-0.1, -0.05) is 6.42 Å². The molecule has 0 saturated heterocycles. The fourth-order valence-electron chi connectivity index (χ4n) is 0.590. The molecule has 0 aliphatic rings. The fourth-order valence-corrected chi connectivity index (χ4v) is 0.590. The second-order valence-electron chi connectivity index (χ2n) is 1.97. The Morgan fingerprint density at radius 2 is 1.91 bits per heavy atom. The van der Waals surface area contributed by atoms with Crippen molar-refractivity contribution in [3.8, 4) is 0 Å². The smallest absolute Gasteiger partial charge is 0.123 e. The predicted octanol–water partition coefficient (Wildman–Crippen LogP) is -2.30. The lowest BCUT2D eigenvalue weighted by molar-refractivity contribution is -0.305. The van der Waals surface area contributed by atoms with Gasteiger partial charge in [0.1, 0.15) is 6.72 Å². The molecule has 0 aromatic heterocycles. The molecule has 0 aliphatic heterocycles. The lowest BCUT2D eigenvalue weighted by Gasteiger charge is -1.99. The largest absolute Gasteiger partial charge is 0.550 e.